The zero-order valence-electron chi connectivity index (χ0n) is 13.8. The number of aryl methyl sites for hydroxylation is 1. The van der Waals surface area contributed by atoms with Crippen molar-refractivity contribution in [3.8, 4) is 5.75 Å². The van der Waals surface area contributed by atoms with Gasteiger partial charge >= 0.3 is 0 Å². The Labute approximate surface area is 137 Å². The second kappa shape index (κ2) is 6.86. The van der Waals surface area contributed by atoms with Crippen molar-refractivity contribution in [2.45, 2.75) is 32.6 Å². The van der Waals surface area contributed by atoms with Gasteiger partial charge < -0.3 is 10.1 Å². The molecule has 2 aromatic carbocycles. The average Bonchev–Trinajstić information content (AvgIpc) is 2.77. The molecule has 0 heterocycles. The van der Waals surface area contributed by atoms with Crippen molar-refractivity contribution in [3.05, 3.63) is 47.5 Å². The standard InChI is InChI=1S/C20H23NO2/c1-3-19(22)21-13-12-14-6-4-9-17-18(23-2)11-10-15-7-5-8-16(14)20(15)17/h5,7-8,10-12H,3-4,6,9,13H2,1-2H3,(H,21,22)/b14-12-. The monoisotopic (exact) mass is 309 g/mol. The first-order valence-corrected chi connectivity index (χ1v) is 8.29. The summed E-state index contributed by atoms with van der Waals surface area (Å²) in [5.41, 5.74) is 3.90. The van der Waals surface area contributed by atoms with Crippen molar-refractivity contribution >= 4 is 22.3 Å². The van der Waals surface area contributed by atoms with Crippen LogP contribution in [-0.4, -0.2) is 19.6 Å². The smallest absolute Gasteiger partial charge is 0.219 e. The second-order valence-corrected chi connectivity index (χ2v) is 5.89. The van der Waals surface area contributed by atoms with Crippen LogP contribution in [0.5, 0.6) is 5.75 Å². The van der Waals surface area contributed by atoms with Gasteiger partial charge in [-0.2, -0.15) is 0 Å². The van der Waals surface area contributed by atoms with Gasteiger partial charge in [0.2, 0.25) is 5.91 Å². The summed E-state index contributed by atoms with van der Waals surface area (Å²) in [6.07, 6.45) is 5.84. The zero-order valence-corrected chi connectivity index (χ0v) is 13.8. The number of benzene rings is 2. The van der Waals surface area contributed by atoms with Gasteiger partial charge in [0.05, 0.1) is 7.11 Å². The Bertz CT molecular complexity index is 762. The summed E-state index contributed by atoms with van der Waals surface area (Å²) in [6, 6.07) is 10.6. The highest BCUT2D eigenvalue weighted by molar-refractivity contribution is 5.98. The molecule has 3 heteroatoms. The van der Waals surface area contributed by atoms with E-state index in [9.17, 15) is 4.79 Å². The van der Waals surface area contributed by atoms with Crippen LogP contribution >= 0.6 is 0 Å². The Balaban J connectivity index is 2.05. The van der Waals surface area contributed by atoms with Crippen LogP contribution in [0.4, 0.5) is 0 Å². The van der Waals surface area contributed by atoms with Crippen LogP contribution < -0.4 is 10.1 Å². The van der Waals surface area contributed by atoms with Crippen LogP contribution in [0.2, 0.25) is 0 Å². The quantitative estimate of drug-likeness (QED) is 0.923. The molecule has 0 bridgehead atoms. The molecule has 3 rings (SSSR count). The molecule has 0 saturated heterocycles. The van der Waals surface area contributed by atoms with Crippen molar-refractivity contribution in [2.24, 2.45) is 0 Å². The average molecular weight is 309 g/mol. The van der Waals surface area contributed by atoms with Gasteiger partial charge in [0, 0.05) is 18.5 Å². The molecule has 0 aliphatic heterocycles. The topological polar surface area (TPSA) is 38.3 Å². The molecule has 23 heavy (non-hydrogen) atoms. The van der Waals surface area contributed by atoms with Crippen molar-refractivity contribution < 1.29 is 9.53 Å². The van der Waals surface area contributed by atoms with Crippen molar-refractivity contribution in [1.82, 2.24) is 5.32 Å². The maximum atomic E-state index is 11.4. The van der Waals surface area contributed by atoms with E-state index in [0.29, 0.717) is 13.0 Å². The van der Waals surface area contributed by atoms with E-state index < -0.39 is 0 Å². The number of hydrogen-bond donors (Lipinski definition) is 1. The molecule has 1 aliphatic carbocycles. The molecule has 0 radical (unpaired) electrons. The SMILES string of the molecule is CCC(=O)NC/C=C1/CCCc2c(OC)ccc3cccc1c23. The number of allylic oxidation sites excluding steroid dienone is 1. The minimum atomic E-state index is 0.0933. The van der Waals surface area contributed by atoms with E-state index in [-0.39, 0.29) is 5.91 Å². The van der Waals surface area contributed by atoms with E-state index in [1.807, 2.05) is 6.92 Å². The molecule has 3 nitrogen and oxygen atoms in total. The van der Waals surface area contributed by atoms with E-state index in [1.54, 1.807) is 7.11 Å². The molecule has 0 unspecified atom stereocenters. The third-order valence-electron chi connectivity index (χ3n) is 4.52. The first-order valence-electron chi connectivity index (χ1n) is 8.29. The molecule has 1 N–H and O–H groups in total. The fourth-order valence-electron chi connectivity index (χ4n) is 3.36. The first-order chi connectivity index (χ1) is 11.2. The van der Waals surface area contributed by atoms with Gasteiger partial charge in [-0.25, -0.2) is 0 Å². The van der Waals surface area contributed by atoms with Crippen molar-refractivity contribution in [2.75, 3.05) is 13.7 Å². The Morgan fingerprint density at radius 3 is 2.91 bits per heavy atom. The normalized spacial score (nSPS) is 15.5. The number of rotatable bonds is 4. The number of ether oxygens (including phenoxy) is 1. The molecular formula is C20H23NO2. The number of methoxy groups -OCH3 is 1. The van der Waals surface area contributed by atoms with Gasteiger partial charge in [-0.3, -0.25) is 4.79 Å². The second-order valence-electron chi connectivity index (χ2n) is 5.89. The van der Waals surface area contributed by atoms with Gasteiger partial charge in [0.15, 0.2) is 0 Å². The Morgan fingerprint density at radius 1 is 1.26 bits per heavy atom. The Kier molecular flexibility index (Phi) is 4.65. The van der Waals surface area contributed by atoms with E-state index in [4.69, 9.17) is 4.74 Å². The molecule has 1 amide bonds. The molecule has 120 valence electrons. The maximum absolute atomic E-state index is 11.4. The lowest BCUT2D eigenvalue weighted by atomic mass is 9.95. The maximum Gasteiger partial charge on any atom is 0.219 e. The summed E-state index contributed by atoms with van der Waals surface area (Å²) in [7, 11) is 1.74. The summed E-state index contributed by atoms with van der Waals surface area (Å²) >= 11 is 0. The van der Waals surface area contributed by atoms with E-state index >= 15 is 0 Å². The van der Waals surface area contributed by atoms with Crippen LogP contribution in [0, 0.1) is 0 Å². The predicted octanol–water partition coefficient (Wildman–Crippen LogP) is 4.09. The van der Waals surface area contributed by atoms with Gasteiger partial charge in [-0.15, -0.1) is 0 Å². The molecule has 0 spiro atoms. The largest absolute Gasteiger partial charge is 0.496 e. The zero-order chi connectivity index (χ0) is 16.2. The molecule has 0 saturated carbocycles. The Morgan fingerprint density at radius 2 is 2.13 bits per heavy atom. The van der Waals surface area contributed by atoms with E-state index in [1.165, 1.54) is 27.5 Å². The van der Waals surface area contributed by atoms with Gasteiger partial charge in [-0.05, 0) is 47.2 Å². The van der Waals surface area contributed by atoms with Gasteiger partial charge in [-0.1, -0.05) is 37.3 Å². The third kappa shape index (κ3) is 3.09. The summed E-state index contributed by atoms with van der Waals surface area (Å²) in [5.74, 6) is 1.07. The molecular weight excluding hydrogens is 286 g/mol. The molecule has 1 aliphatic rings. The molecule has 2 aromatic rings. The summed E-state index contributed by atoms with van der Waals surface area (Å²) in [5, 5.41) is 5.50. The first kappa shape index (κ1) is 15.6. The lowest BCUT2D eigenvalue weighted by Crippen LogP contribution is -2.22. The van der Waals surface area contributed by atoms with Gasteiger partial charge in [0.25, 0.3) is 0 Å². The van der Waals surface area contributed by atoms with Crippen LogP contribution in [0.15, 0.2) is 36.4 Å². The highest BCUT2D eigenvalue weighted by Gasteiger charge is 2.17. The fourth-order valence-corrected chi connectivity index (χ4v) is 3.36. The number of hydrogen-bond acceptors (Lipinski definition) is 2. The van der Waals surface area contributed by atoms with Crippen LogP contribution in [0.3, 0.4) is 0 Å². The van der Waals surface area contributed by atoms with E-state index in [0.717, 1.165) is 25.0 Å². The van der Waals surface area contributed by atoms with Gasteiger partial charge in [0.1, 0.15) is 5.75 Å². The molecule has 0 fully saturated rings. The molecule has 0 atom stereocenters. The van der Waals surface area contributed by atoms with Crippen LogP contribution in [-0.2, 0) is 11.2 Å². The third-order valence-corrected chi connectivity index (χ3v) is 4.52. The number of amides is 1. The number of nitrogens with one attached hydrogen (secondary N) is 1. The lowest BCUT2D eigenvalue weighted by Gasteiger charge is -2.13. The van der Waals surface area contributed by atoms with E-state index in [2.05, 4.69) is 41.7 Å². The summed E-state index contributed by atoms with van der Waals surface area (Å²) in [6.45, 7) is 2.47. The van der Waals surface area contributed by atoms with Crippen LogP contribution in [0.25, 0.3) is 16.3 Å². The van der Waals surface area contributed by atoms with Crippen LogP contribution in [0.1, 0.15) is 37.3 Å². The minimum Gasteiger partial charge on any atom is -0.496 e. The highest BCUT2D eigenvalue weighted by Crippen LogP contribution is 2.38. The highest BCUT2D eigenvalue weighted by atomic mass is 16.5. The lowest BCUT2D eigenvalue weighted by molar-refractivity contribution is -0.120. The summed E-state index contributed by atoms with van der Waals surface area (Å²) in [4.78, 5) is 11.4. The fraction of sp³-hybridized carbons (Fsp3) is 0.350. The van der Waals surface area contributed by atoms with Crippen molar-refractivity contribution in [1.29, 1.82) is 0 Å². The predicted molar refractivity (Wildman–Crippen MR) is 94.7 cm³/mol. The molecule has 0 aromatic heterocycles. The van der Waals surface area contributed by atoms with Crippen molar-refractivity contribution in [3.63, 3.8) is 0 Å². The number of carbonyl (C=O) groups is 1. The Hall–Kier alpha value is -2.29. The number of carbonyl (C=O) groups excluding carboxylic acids is 1. The minimum absolute atomic E-state index is 0.0933. The summed E-state index contributed by atoms with van der Waals surface area (Å²) < 4.78 is 5.57.